The number of pyridine rings is 1. The number of thiophene rings is 1. The number of rotatable bonds is 3. The Hall–Kier alpha value is -1.19. The van der Waals surface area contributed by atoms with Crippen LogP contribution in [0, 0.1) is 0 Å². The molecular weight excluding hydrogens is 228 g/mol. The van der Waals surface area contributed by atoms with Crippen molar-refractivity contribution in [3.8, 4) is 0 Å². The molecule has 0 spiro atoms. The van der Waals surface area contributed by atoms with Crippen molar-refractivity contribution in [3.05, 3.63) is 52.0 Å². The van der Waals surface area contributed by atoms with Crippen molar-refractivity contribution < 1.29 is 0 Å². The van der Waals surface area contributed by atoms with Crippen LogP contribution in [0.1, 0.15) is 35.0 Å². The summed E-state index contributed by atoms with van der Waals surface area (Å²) in [6.45, 7) is 0.862. The first-order valence-corrected chi connectivity index (χ1v) is 7.01. The third kappa shape index (κ3) is 2.40. The maximum absolute atomic E-state index is 4.35. The molecule has 1 atom stereocenters. The van der Waals surface area contributed by atoms with Crippen LogP contribution in [0.3, 0.4) is 0 Å². The second kappa shape index (κ2) is 4.98. The average molecular weight is 244 g/mol. The average Bonchev–Trinajstić information content (AvgIpc) is 2.86. The van der Waals surface area contributed by atoms with E-state index < -0.39 is 0 Å². The van der Waals surface area contributed by atoms with E-state index in [0.717, 1.165) is 12.2 Å². The van der Waals surface area contributed by atoms with Gasteiger partial charge in [-0.1, -0.05) is 6.07 Å². The molecule has 1 unspecified atom stereocenters. The van der Waals surface area contributed by atoms with Crippen LogP contribution in [0.15, 0.2) is 35.8 Å². The van der Waals surface area contributed by atoms with Gasteiger partial charge in [-0.2, -0.15) is 0 Å². The van der Waals surface area contributed by atoms with Crippen molar-refractivity contribution in [2.75, 3.05) is 0 Å². The van der Waals surface area contributed by atoms with Crippen LogP contribution in [0.4, 0.5) is 0 Å². The van der Waals surface area contributed by atoms with E-state index in [1.165, 1.54) is 24.8 Å². The van der Waals surface area contributed by atoms with Gasteiger partial charge in [0.05, 0.1) is 5.69 Å². The van der Waals surface area contributed by atoms with E-state index in [0.29, 0.717) is 6.04 Å². The van der Waals surface area contributed by atoms with Crippen LogP contribution in [0.5, 0.6) is 0 Å². The lowest BCUT2D eigenvalue weighted by molar-refractivity contribution is 0.460. The number of hydrogen-bond acceptors (Lipinski definition) is 3. The van der Waals surface area contributed by atoms with Gasteiger partial charge in [0.2, 0.25) is 0 Å². The van der Waals surface area contributed by atoms with Gasteiger partial charge in [-0.25, -0.2) is 0 Å². The van der Waals surface area contributed by atoms with Crippen LogP contribution in [-0.4, -0.2) is 4.98 Å². The highest BCUT2D eigenvalue weighted by molar-refractivity contribution is 7.10. The second-order valence-electron chi connectivity index (χ2n) is 4.45. The molecule has 0 fully saturated rings. The SMILES string of the molecule is c1ccc(CNC2CCCc3sccc32)nc1. The Morgan fingerprint density at radius 1 is 1.35 bits per heavy atom. The molecule has 0 bridgehead atoms. The molecule has 2 nitrogen and oxygen atoms in total. The van der Waals surface area contributed by atoms with Crippen LogP contribution in [0.2, 0.25) is 0 Å². The molecule has 2 aromatic rings. The topological polar surface area (TPSA) is 24.9 Å². The van der Waals surface area contributed by atoms with E-state index in [1.54, 1.807) is 4.88 Å². The molecule has 0 saturated heterocycles. The van der Waals surface area contributed by atoms with Gasteiger partial charge in [0.25, 0.3) is 0 Å². The Labute approximate surface area is 106 Å². The molecule has 3 heteroatoms. The Morgan fingerprint density at radius 3 is 3.24 bits per heavy atom. The number of hydrogen-bond donors (Lipinski definition) is 1. The molecule has 0 amide bonds. The lowest BCUT2D eigenvalue weighted by atomic mass is 9.94. The molecule has 3 rings (SSSR count). The largest absolute Gasteiger partial charge is 0.304 e. The third-order valence-electron chi connectivity index (χ3n) is 3.31. The standard InChI is InChI=1S/C14H16N2S/c1-2-8-15-11(4-1)10-16-13-5-3-6-14-12(13)7-9-17-14/h1-2,4,7-9,13,16H,3,5-6,10H2. The summed E-state index contributed by atoms with van der Waals surface area (Å²) >= 11 is 1.90. The highest BCUT2D eigenvalue weighted by atomic mass is 32.1. The van der Waals surface area contributed by atoms with Gasteiger partial charge in [0.1, 0.15) is 0 Å². The molecule has 1 N–H and O–H groups in total. The molecule has 0 aromatic carbocycles. The summed E-state index contributed by atoms with van der Waals surface area (Å²) in [5, 5.41) is 5.84. The first kappa shape index (κ1) is 10.9. The third-order valence-corrected chi connectivity index (χ3v) is 4.30. The van der Waals surface area contributed by atoms with Crippen molar-refractivity contribution in [2.45, 2.75) is 31.8 Å². The maximum atomic E-state index is 4.35. The Balaban J connectivity index is 1.68. The smallest absolute Gasteiger partial charge is 0.0541 e. The number of fused-ring (bicyclic) bond motifs is 1. The molecule has 0 radical (unpaired) electrons. The Kier molecular flexibility index (Phi) is 3.20. The van der Waals surface area contributed by atoms with E-state index in [4.69, 9.17) is 0 Å². The van der Waals surface area contributed by atoms with Crippen molar-refractivity contribution >= 4 is 11.3 Å². The highest BCUT2D eigenvalue weighted by Crippen LogP contribution is 2.33. The Morgan fingerprint density at radius 2 is 2.35 bits per heavy atom. The predicted octanol–water partition coefficient (Wildman–Crippen LogP) is 3.31. The second-order valence-corrected chi connectivity index (χ2v) is 5.45. The fraction of sp³-hybridized carbons (Fsp3) is 0.357. The van der Waals surface area contributed by atoms with Crippen molar-refractivity contribution in [1.82, 2.24) is 10.3 Å². The van der Waals surface area contributed by atoms with Crippen LogP contribution in [-0.2, 0) is 13.0 Å². The van der Waals surface area contributed by atoms with E-state index in [-0.39, 0.29) is 0 Å². The molecule has 0 aliphatic heterocycles. The van der Waals surface area contributed by atoms with E-state index >= 15 is 0 Å². The molecule has 1 aliphatic carbocycles. The fourth-order valence-corrected chi connectivity index (χ4v) is 3.42. The van der Waals surface area contributed by atoms with Crippen molar-refractivity contribution in [1.29, 1.82) is 0 Å². The van der Waals surface area contributed by atoms with Gasteiger partial charge in [-0.3, -0.25) is 4.98 Å². The number of nitrogens with zero attached hydrogens (tertiary/aromatic N) is 1. The zero-order valence-electron chi connectivity index (χ0n) is 9.73. The lowest BCUT2D eigenvalue weighted by Gasteiger charge is -2.23. The minimum absolute atomic E-state index is 0.520. The number of aromatic nitrogens is 1. The number of aryl methyl sites for hydroxylation is 1. The fourth-order valence-electron chi connectivity index (χ4n) is 2.43. The zero-order valence-corrected chi connectivity index (χ0v) is 10.5. The molecule has 2 heterocycles. The summed E-state index contributed by atoms with van der Waals surface area (Å²) in [4.78, 5) is 5.91. The number of nitrogens with one attached hydrogen (secondary N) is 1. The van der Waals surface area contributed by atoms with E-state index in [2.05, 4.69) is 27.8 Å². The lowest BCUT2D eigenvalue weighted by Crippen LogP contribution is -2.24. The predicted molar refractivity (Wildman–Crippen MR) is 71.1 cm³/mol. The quantitative estimate of drug-likeness (QED) is 0.896. The van der Waals surface area contributed by atoms with Gasteiger partial charge < -0.3 is 5.32 Å². The van der Waals surface area contributed by atoms with E-state index in [1.807, 2.05) is 29.7 Å². The molecule has 88 valence electrons. The van der Waals surface area contributed by atoms with Crippen molar-refractivity contribution in [3.63, 3.8) is 0 Å². The monoisotopic (exact) mass is 244 g/mol. The molecule has 2 aromatic heterocycles. The summed E-state index contributed by atoms with van der Waals surface area (Å²) in [5.41, 5.74) is 2.63. The van der Waals surface area contributed by atoms with Gasteiger partial charge >= 0.3 is 0 Å². The summed E-state index contributed by atoms with van der Waals surface area (Å²) < 4.78 is 0. The molecule has 17 heavy (non-hydrogen) atoms. The summed E-state index contributed by atoms with van der Waals surface area (Å²) in [7, 11) is 0. The minimum Gasteiger partial charge on any atom is -0.304 e. The van der Waals surface area contributed by atoms with E-state index in [9.17, 15) is 0 Å². The summed E-state index contributed by atoms with van der Waals surface area (Å²) in [6, 6.07) is 8.87. The molecule has 1 aliphatic rings. The minimum atomic E-state index is 0.520. The molecule has 0 saturated carbocycles. The van der Waals surface area contributed by atoms with Crippen molar-refractivity contribution in [2.24, 2.45) is 0 Å². The van der Waals surface area contributed by atoms with Gasteiger partial charge in [-0.05, 0) is 48.4 Å². The van der Waals surface area contributed by atoms with Gasteiger partial charge in [0.15, 0.2) is 0 Å². The highest BCUT2D eigenvalue weighted by Gasteiger charge is 2.20. The molecular formula is C14H16N2S. The maximum Gasteiger partial charge on any atom is 0.0541 e. The van der Waals surface area contributed by atoms with Crippen LogP contribution >= 0.6 is 11.3 Å². The first-order chi connectivity index (χ1) is 8.43. The normalized spacial score (nSPS) is 18.9. The first-order valence-electron chi connectivity index (χ1n) is 6.13. The Bertz CT molecular complexity index is 478. The summed E-state index contributed by atoms with van der Waals surface area (Å²) in [6.07, 6.45) is 5.66. The zero-order chi connectivity index (χ0) is 11.5. The summed E-state index contributed by atoms with van der Waals surface area (Å²) in [5.74, 6) is 0. The van der Waals surface area contributed by atoms with Gasteiger partial charge in [-0.15, -0.1) is 11.3 Å². The van der Waals surface area contributed by atoms with Crippen LogP contribution < -0.4 is 5.32 Å². The van der Waals surface area contributed by atoms with Crippen LogP contribution in [0.25, 0.3) is 0 Å². The van der Waals surface area contributed by atoms with Gasteiger partial charge in [0, 0.05) is 23.7 Å².